The lowest BCUT2D eigenvalue weighted by Gasteiger charge is -2.40. The fourth-order valence-electron chi connectivity index (χ4n) is 12.7. The van der Waals surface area contributed by atoms with Crippen molar-refractivity contribution in [1.29, 1.82) is 0 Å². The van der Waals surface area contributed by atoms with Crippen LogP contribution in [0.25, 0.3) is 0 Å². The van der Waals surface area contributed by atoms with Crippen LogP contribution < -0.4 is 5.32 Å². The summed E-state index contributed by atoms with van der Waals surface area (Å²) in [6, 6.07) is -0.834. The van der Waals surface area contributed by atoms with Crippen molar-refractivity contribution in [2.24, 2.45) is 0 Å². The van der Waals surface area contributed by atoms with E-state index in [9.17, 15) is 35.1 Å². The molecule has 0 aromatic heterocycles. The van der Waals surface area contributed by atoms with Crippen LogP contribution in [0.4, 0.5) is 0 Å². The van der Waals surface area contributed by atoms with Gasteiger partial charge in [-0.25, -0.2) is 0 Å². The maximum Gasteiger partial charge on any atom is 0.305 e. The molecule has 1 aliphatic rings. The summed E-state index contributed by atoms with van der Waals surface area (Å²) in [5, 5.41) is 54.5. The molecule has 7 unspecified atom stereocenters. The first-order valence-corrected chi connectivity index (χ1v) is 40.6. The second-order valence-electron chi connectivity index (χ2n) is 28.1. The van der Waals surface area contributed by atoms with E-state index in [1.807, 2.05) is 6.08 Å². The van der Waals surface area contributed by atoms with Gasteiger partial charge < -0.3 is 45.1 Å². The summed E-state index contributed by atoms with van der Waals surface area (Å²) in [6.45, 7) is 4.35. The molecule has 1 saturated heterocycles. The van der Waals surface area contributed by atoms with E-state index in [-0.39, 0.29) is 18.5 Å². The minimum atomic E-state index is -1.58. The molecular weight excluding hydrogens is 1170 g/mol. The number of carbonyl (C=O) groups is 2. The lowest BCUT2D eigenvalue weighted by Crippen LogP contribution is -2.60. The number of rotatable bonds is 72. The first-order valence-electron chi connectivity index (χ1n) is 40.6. The number of hydrogen-bond acceptors (Lipinski definition) is 10. The average molecular weight is 1330 g/mol. The molecule has 0 aromatic rings. The van der Waals surface area contributed by atoms with Gasteiger partial charge in [-0.1, -0.05) is 351 Å². The van der Waals surface area contributed by atoms with E-state index in [2.05, 4.69) is 67.8 Å². The van der Waals surface area contributed by atoms with Gasteiger partial charge in [0.15, 0.2) is 6.29 Å². The number of carbonyl (C=O) groups excluding carboxylic acids is 2. The van der Waals surface area contributed by atoms with Crippen LogP contribution >= 0.6 is 0 Å². The highest BCUT2D eigenvalue weighted by molar-refractivity contribution is 5.76. The molecule has 1 rings (SSSR count). The molecule has 0 saturated carbocycles. The Morgan fingerprint density at radius 2 is 0.723 bits per heavy atom. The Morgan fingerprint density at radius 3 is 1.13 bits per heavy atom. The van der Waals surface area contributed by atoms with Crippen molar-refractivity contribution in [3.05, 3.63) is 60.8 Å². The number of esters is 1. The zero-order chi connectivity index (χ0) is 67.9. The minimum absolute atomic E-state index is 0.0162. The van der Waals surface area contributed by atoms with E-state index in [4.69, 9.17) is 14.2 Å². The second kappa shape index (κ2) is 71.6. The van der Waals surface area contributed by atoms with Gasteiger partial charge in [-0.15, -0.1) is 0 Å². The Labute approximate surface area is 579 Å². The van der Waals surface area contributed by atoms with Crippen LogP contribution in [0.5, 0.6) is 0 Å². The first kappa shape index (κ1) is 89.4. The fraction of sp³-hybridized carbons (Fsp3) is 0.855. The van der Waals surface area contributed by atoms with Crippen molar-refractivity contribution >= 4 is 11.9 Å². The third-order valence-corrected chi connectivity index (χ3v) is 19.1. The largest absolute Gasteiger partial charge is 0.466 e. The monoisotopic (exact) mass is 1320 g/mol. The molecule has 0 bridgehead atoms. The van der Waals surface area contributed by atoms with Crippen LogP contribution in [0.2, 0.25) is 0 Å². The molecule has 1 amide bonds. The number of ether oxygens (including phenoxy) is 3. The highest BCUT2D eigenvalue weighted by Crippen LogP contribution is 2.24. The van der Waals surface area contributed by atoms with Crippen LogP contribution in [0.3, 0.4) is 0 Å². The van der Waals surface area contributed by atoms with E-state index >= 15 is 0 Å². The Bertz CT molecular complexity index is 1750. The molecule has 1 aliphatic heterocycles. The number of aliphatic hydroxyl groups is 5. The maximum absolute atomic E-state index is 13.1. The summed E-state index contributed by atoms with van der Waals surface area (Å²) < 4.78 is 16.8. The van der Waals surface area contributed by atoms with Gasteiger partial charge in [0.1, 0.15) is 24.4 Å². The van der Waals surface area contributed by atoms with E-state index in [1.54, 1.807) is 6.08 Å². The normalized spacial score (nSPS) is 17.7. The molecule has 94 heavy (non-hydrogen) atoms. The molecule has 0 aromatic carbocycles. The molecule has 1 fully saturated rings. The van der Waals surface area contributed by atoms with Crippen molar-refractivity contribution in [2.75, 3.05) is 19.8 Å². The van der Waals surface area contributed by atoms with E-state index in [0.29, 0.717) is 19.4 Å². The molecule has 11 heteroatoms. The zero-order valence-electron chi connectivity index (χ0n) is 61.4. The molecule has 7 atom stereocenters. The molecular formula is C83H153NO10. The lowest BCUT2D eigenvalue weighted by atomic mass is 9.99. The van der Waals surface area contributed by atoms with Gasteiger partial charge in [0, 0.05) is 12.8 Å². The Balaban J connectivity index is 1.92. The summed E-state index contributed by atoms with van der Waals surface area (Å²) >= 11 is 0. The van der Waals surface area contributed by atoms with Crippen LogP contribution in [-0.4, -0.2) is 100 Å². The number of nitrogens with one attached hydrogen (secondary N) is 1. The molecule has 11 nitrogen and oxygen atoms in total. The topological polar surface area (TPSA) is 175 Å². The van der Waals surface area contributed by atoms with Gasteiger partial charge in [0.25, 0.3) is 0 Å². The molecule has 0 spiro atoms. The van der Waals surface area contributed by atoms with Crippen molar-refractivity contribution in [1.82, 2.24) is 5.32 Å². The van der Waals surface area contributed by atoms with E-state index < -0.39 is 49.5 Å². The summed E-state index contributed by atoms with van der Waals surface area (Å²) in [5.41, 5.74) is 0. The van der Waals surface area contributed by atoms with Crippen molar-refractivity contribution < 1.29 is 49.3 Å². The van der Waals surface area contributed by atoms with Gasteiger partial charge >= 0.3 is 5.97 Å². The first-order chi connectivity index (χ1) is 46.2. The minimum Gasteiger partial charge on any atom is -0.466 e. The molecule has 0 aliphatic carbocycles. The standard InChI is InChI=1S/C83H153NO10/c1-3-5-7-9-11-13-15-17-46-49-53-57-61-65-69-76(86)75(74-93-83-82(91)81(90)80(89)77(73-85)94-83)84-78(87)70-66-62-58-54-50-47-43-41-39-37-35-33-31-29-27-25-23-21-19-18-20-22-24-26-28-30-32-34-36-38-40-42-44-48-52-56-60-64-68-72-92-79(88)71-67-63-59-55-51-45-16-14-12-10-8-6-4-2/h13,15,18-19,22,24,49,53,65,69,75-77,80-83,85-86,89-91H,3-12,14,16-17,20-21,23,25-48,50-52,54-64,66-68,70-74H2,1-2H3,(H,84,87)/b15-13+,19-18-,24-22-,53-49+,69-65+. The summed E-state index contributed by atoms with van der Waals surface area (Å²) in [7, 11) is 0. The Morgan fingerprint density at radius 1 is 0.394 bits per heavy atom. The molecule has 1 heterocycles. The van der Waals surface area contributed by atoms with E-state index in [0.717, 1.165) is 70.6 Å². The molecule has 0 radical (unpaired) electrons. The van der Waals surface area contributed by atoms with Gasteiger partial charge in [0.2, 0.25) is 5.91 Å². The van der Waals surface area contributed by atoms with Crippen LogP contribution in [0.1, 0.15) is 393 Å². The van der Waals surface area contributed by atoms with Gasteiger partial charge in [-0.2, -0.15) is 0 Å². The number of hydrogen-bond donors (Lipinski definition) is 6. The van der Waals surface area contributed by atoms with Crippen molar-refractivity contribution in [2.45, 2.75) is 436 Å². The summed E-state index contributed by atoms with van der Waals surface area (Å²) in [5.74, 6) is -0.176. The van der Waals surface area contributed by atoms with Gasteiger partial charge in [-0.3, -0.25) is 9.59 Å². The predicted octanol–water partition coefficient (Wildman–Crippen LogP) is 22.0. The number of amides is 1. The summed E-state index contributed by atoms with van der Waals surface area (Å²) in [4.78, 5) is 25.2. The highest BCUT2D eigenvalue weighted by Gasteiger charge is 2.44. The van der Waals surface area contributed by atoms with Gasteiger partial charge in [0.05, 0.1) is 32.0 Å². The SMILES string of the molecule is CCCCCC/C=C/CC/C=C/CC/C=C/C(O)C(COC1OC(CO)C(O)C(O)C1O)NC(=O)CCCCCCCCCCCCCCCCCCC/C=C\C/C=C\CCCCCCCCCCCCCCCCCOC(=O)CCCCCCCCCCCCCCC. The third kappa shape index (κ3) is 59.4. The second-order valence-corrected chi connectivity index (χ2v) is 28.1. The summed E-state index contributed by atoms with van der Waals surface area (Å²) in [6.07, 6.45) is 86.9. The van der Waals surface area contributed by atoms with Crippen LogP contribution in [-0.2, 0) is 23.8 Å². The smallest absolute Gasteiger partial charge is 0.305 e. The van der Waals surface area contributed by atoms with Crippen molar-refractivity contribution in [3.8, 4) is 0 Å². The van der Waals surface area contributed by atoms with Crippen LogP contribution in [0.15, 0.2) is 60.8 Å². The Hall–Kier alpha value is -2.64. The maximum atomic E-state index is 13.1. The highest BCUT2D eigenvalue weighted by atomic mass is 16.7. The van der Waals surface area contributed by atoms with Crippen molar-refractivity contribution in [3.63, 3.8) is 0 Å². The fourth-order valence-corrected chi connectivity index (χ4v) is 12.7. The molecule has 6 N–H and O–H groups in total. The quantitative estimate of drug-likeness (QED) is 0.0195. The Kier molecular flexibility index (Phi) is 68.1. The predicted molar refractivity (Wildman–Crippen MR) is 398 cm³/mol. The number of allylic oxidation sites excluding steroid dienone is 9. The third-order valence-electron chi connectivity index (χ3n) is 19.1. The van der Waals surface area contributed by atoms with Gasteiger partial charge in [-0.05, 0) is 89.9 Å². The van der Waals surface area contributed by atoms with Crippen LogP contribution in [0, 0.1) is 0 Å². The zero-order valence-corrected chi connectivity index (χ0v) is 61.4. The lowest BCUT2D eigenvalue weighted by molar-refractivity contribution is -0.302. The molecule has 550 valence electrons. The average Bonchev–Trinajstić information content (AvgIpc) is 0.876. The van der Waals surface area contributed by atoms with E-state index in [1.165, 1.54) is 295 Å². The number of unbranched alkanes of at least 4 members (excludes halogenated alkanes) is 50. The number of aliphatic hydroxyl groups excluding tert-OH is 5.